The third-order valence-corrected chi connectivity index (χ3v) is 3.04. The van der Waals surface area contributed by atoms with Crippen LogP contribution in [0, 0.1) is 0 Å². The Balaban J connectivity index is 2.20. The van der Waals surface area contributed by atoms with Crippen LogP contribution in [0.2, 0.25) is 0 Å². The van der Waals surface area contributed by atoms with Crippen LogP contribution in [0.1, 0.15) is 6.42 Å². The van der Waals surface area contributed by atoms with E-state index in [0.717, 1.165) is 17.9 Å². The molecule has 6 heteroatoms. The first-order chi connectivity index (χ1) is 6.22. The zero-order valence-electron chi connectivity index (χ0n) is 7.01. The molecule has 1 heterocycles. The Kier molecular flexibility index (Phi) is 4.38. The van der Waals surface area contributed by atoms with Crippen molar-refractivity contribution in [2.45, 2.75) is 12.5 Å². The summed E-state index contributed by atoms with van der Waals surface area (Å²) in [4.78, 5) is 21.7. The Morgan fingerprint density at radius 1 is 1.54 bits per heavy atom. The molecule has 0 spiro atoms. The van der Waals surface area contributed by atoms with E-state index in [4.69, 9.17) is 11.6 Å². The molecule has 3 amide bonds. The molecule has 0 aromatic rings. The SMILES string of the molecule is O=C(CCl)NC(=O)NC1CCSC1. The van der Waals surface area contributed by atoms with Crippen molar-refractivity contribution in [3.8, 4) is 0 Å². The van der Waals surface area contributed by atoms with E-state index < -0.39 is 11.9 Å². The van der Waals surface area contributed by atoms with Gasteiger partial charge < -0.3 is 5.32 Å². The number of imide groups is 1. The highest BCUT2D eigenvalue weighted by molar-refractivity contribution is 7.99. The van der Waals surface area contributed by atoms with Crippen molar-refractivity contribution in [2.24, 2.45) is 0 Å². The van der Waals surface area contributed by atoms with E-state index in [9.17, 15) is 9.59 Å². The number of thioether (sulfide) groups is 1. The molecule has 0 aromatic carbocycles. The van der Waals surface area contributed by atoms with Crippen molar-refractivity contribution in [2.75, 3.05) is 17.4 Å². The molecule has 1 saturated heterocycles. The van der Waals surface area contributed by atoms with Gasteiger partial charge in [0.1, 0.15) is 5.88 Å². The van der Waals surface area contributed by atoms with Gasteiger partial charge in [-0.3, -0.25) is 10.1 Å². The van der Waals surface area contributed by atoms with Crippen LogP contribution in [0.5, 0.6) is 0 Å². The third-order valence-electron chi connectivity index (χ3n) is 1.64. The lowest BCUT2D eigenvalue weighted by Crippen LogP contribution is -2.44. The second-order valence-electron chi connectivity index (χ2n) is 2.72. The number of halogens is 1. The van der Waals surface area contributed by atoms with Gasteiger partial charge in [0.2, 0.25) is 5.91 Å². The van der Waals surface area contributed by atoms with E-state index in [0.29, 0.717) is 0 Å². The number of amides is 3. The lowest BCUT2D eigenvalue weighted by molar-refractivity contribution is -0.117. The van der Waals surface area contributed by atoms with Crippen molar-refractivity contribution in [3.63, 3.8) is 0 Å². The maximum atomic E-state index is 11.1. The van der Waals surface area contributed by atoms with E-state index in [1.165, 1.54) is 0 Å². The summed E-state index contributed by atoms with van der Waals surface area (Å²) in [5.41, 5.74) is 0. The van der Waals surface area contributed by atoms with Gasteiger partial charge in [0, 0.05) is 11.8 Å². The second kappa shape index (κ2) is 5.34. The highest BCUT2D eigenvalue weighted by Gasteiger charge is 2.18. The first-order valence-electron chi connectivity index (χ1n) is 3.96. The van der Waals surface area contributed by atoms with Gasteiger partial charge in [-0.05, 0) is 12.2 Å². The second-order valence-corrected chi connectivity index (χ2v) is 4.13. The van der Waals surface area contributed by atoms with Gasteiger partial charge >= 0.3 is 6.03 Å². The Bertz CT molecular complexity index is 207. The summed E-state index contributed by atoms with van der Waals surface area (Å²) in [5, 5.41) is 4.82. The van der Waals surface area contributed by atoms with Crippen molar-refractivity contribution in [1.82, 2.24) is 10.6 Å². The number of carbonyl (C=O) groups excluding carboxylic acids is 2. The fourth-order valence-corrected chi connectivity index (χ4v) is 2.25. The molecule has 1 fully saturated rings. The number of carbonyl (C=O) groups is 2. The zero-order valence-corrected chi connectivity index (χ0v) is 8.58. The number of hydrogen-bond donors (Lipinski definition) is 2. The number of rotatable bonds is 2. The summed E-state index contributed by atoms with van der Waals surface area (Å²) in [6.07, 6.45) is 0.965. The van der Waals surface area contributed by atoms with E-state index in [-0.39, 0.29) is 11.9 Å². The lowest BCUT2D eigenvalue weighted by Gasteiger charge is -2.10. The molecule has 1 rings (SSSR count). The fraction of sp³-hybridized carbons (Fsp3) is 0.714. The molecule has 1 atom stereocenters. The van der Waals surface area contributed by atoms with Gasteiger partial charge in [-0.25, -0.2) is 4.79 Å². The molecular weight excluding hydrogens is 212 g/mol. The van der Waals surface area contributed by atoms with E-state index >= 15 is 0 Å². The average molecular weight is 223 g/mol. The maximum absolute atomic E-state index is 11.1. The number of alkyl halides is 1. The molecule has 4 nitrogen and oxygen atoms in total. The predicted molar refractivity (Wildman–Crippen MR) is 53.1 cm³/mol. The molecule has 1 aliphatic heterocycles. The maximum Gasteiger partial charge on any atom is 0.321 e. The smallest absolute Gasteiger partial charge is 0.321 e. The largest absolute Gasteiger partial charge is 0.334 e. The molecule has 0 radical (unpaired) electrons. The summed E-state index contributed by atoms with van der Waals surface area (Å²) in [6.45, 7) is 0. The van der Waals surface area contributed by atoms with Gasteiger partial charge in [0.05, 0.1) is 0 Å². The molecule has 1 aliphatic rings. The van der Waals surface area contributed by atoms with Crippen LogP contribution in [0.4, 0.5) is 4.79 Å². The van der Waals surface area contributed by atoms with Gasteiger partial charge in [0.25, 0.3) is 0 Å². The average Bonchev–Trinajstić information content (AvgIpc) is 2.56. The fourth-order valence-electron chi connectivity index (χ4n) is 1.03. The minimum Gasteiger partial charge on any atom is -0.334 e. The van der Waals surface area contributed by atoms with Gasteiger partial charge in [-0.15, -0.1) is 11.6 Å². The monoisotopic (exact) mass is 222 g/mol. The Labute approximate surface area is 85.8 Å². The quantitative estimate of drug-likeness (QED) is 0.672. The number of hydrogen-bond acceptors (Lipinski definition) is 3. The molecule has 0 bridgehead atoms. The first kappa shape index (κ1) is 10.7. The minimum atomic E-state index is -0.468. The highest BCUT2D eigenvalue weighted by atomic mass is 35.5. The Hall–Kier alpha value is -0.420. The molecular formula is C7H11ClN2O2S. The molecule has 1 unspecified atom stereocenters. The van der Waals surface area contributed by atoms with Crippen LogP contribution in [-0.4, -0.2) is 35.4 Å². The summed E-state index contributed by atoms with van der Waals surface area (Å²) in [6, 6.07) is -0.258. The van der Waals surface area contributed by atoms with Crippen LogP contribution in [0.25, 0.3) is 0 Å². The molecule has 0 saturated carbocycles. The number of nitrogens with one attached hydrogen (secondary N) is 2. The highest BCUT2D eigenvalue weighted by Crippen LogP contribution is 2.16. The van der Waals surface area contributed by atoms with E-state index in [1.54, 1.807) is 11.8 Å². The third kappa shape index (κ3) is 3.87. The number of urea groups is 1. The minimum absolute atomic E-state index is 0.188. The van der Waals surface area contributed by atoms with Crippen LogP contribution in [-0.2, 0) is 4.79 Å². The molecule has 0 aromatic heterocycles. The molecule has 74 valence electrons. The standard InChI is InChI=1S/C7H11ClN2O2S/c8-3-6(11)10-7(12)9-5-1-2-13-4-5/h5H,1-4H2,(H2,9,10,11,12). The Morgan fingerprint density at radius 2 is 2.31 bits per heavy atom. The normalized spacial score (nSPS) is 21.2. The van der Waals surface area contributed by atoms with Gasteiger partial charge in [-0.2, -0.15) is 11.8 Å². The summed E-state index contributed by atoms with van der Waals surface area (Å²) < 4.78 is 0. The van der Waals surface area contributed by atoms with Crippen LogP contribution in [0.3, 0.4) is 0 Å². The first-order valence-corrected chi connectivity index (χ1v) is 5.65. The molecule has 2 N–H and O–H groups in total. The zero-order chi connectivity index (χ0) is 9.68. The molecule has 13 heavy (non-hydrogen) atoms. The summed E-state index contributed by atoms with van der Waals surface area (Å²) >= 11 is 7.01. The summed E-state index contributed by atoms with van der Waals surface area (Å²) in [7, 11) is 0. The predicted octanol–water partition coefficient (Wildman–Crippen LogP) is 0.556. The van der Waals surface area contributed by atoms with E-state index in [1.807, 2.05) is 0 Å². The van der Waals surface area contributed by atoms with Crippen LogP contribution in [0.15, 0.2) is 0 Å². The van der Waals surface area contributed by atoms with Gasteiger partial charge in [0.15, 0.2) is 0 Å². The Morgan fingerprint density at radius 3 is 2.85 bits per heavy atom. The van der Waals surface area contributed by atoms with Crippen molar-refractivity contribution in [1.29, 1.82) is 0 Å². The summed E-state index contributed by atoms with van der Waals surface area (Å²) in [5.74, 6) is 1.33. The van der Waals surface area contributed by atoms with Crippen LogP contribution >= 0.6 is 23.4 Å². The topological polar surface area (TPSA) is 58.2 Å². The van der Waals surface area contributed by atoms with Crippen molar-refractivity contribution < 1.29 is 9.59 Å². The van der Waals surface area contributed by atoms with Crippen molar-refractivity contribution in [3.05, 3.63) is 0 Å². The molecule has 0 aliphatic carbocycles. The van der Waals surface area contributed by atoms with E-state index in [2.05, 4.69) is 10.6 Å². The van der Waals surface area contributed by atoms with Gasteiger partial charge in [-0.1, -0.05) is 0 Å². The van der Waals surface area contributed by atoms with Crippen molar-refractivity contribution >= 4 is 35.3 Å². The van der Waals surface area contributed by atoms with Crippen LogP contribution < -0.4 is 10.6 Å². The lowest BCUT2D eigenvalue weighted by atomic mass is 10.3.